The molecule has 118 valence electrons. The van der Waals surface area contributed by atoms with Gasteiger partial charge in [-0.25, -0.2) is 0 Å². The van der Waals surface area contributed by atoms with Crippen LogP contribution < -0.4 is 5.32 Å². The lowest BCUT2D eigenvalue weighted by Gasteiger charge is -2.37. The van der Waals surface area contributed by atoms with Crippen LogP contribution in [0.25, 0.3) is 0 Å². The zero-order valence-corrected chi connectivity index (χ0v) is 13.3. The van der Waals surface area contributed by atoms with Crippen molar-refractivity contribution in [1.29, 1.82) is 0 Å². The van der Waals surface area contributed by atoms with E-state index < -0.39 is 0 Å². The standard InChI is InChI=1S/C17H28N2O2/c1-12(2)19(11-14-6-8-18-9-7-14)13(3)16-10-15(20)4-5-17(16)21/h4-5,10,12-14,18,20-21H,6-9,11H2,1-3H3. The zero-order valence-electron chi connectivity index (χ0n) is 13.3. The Morgan fingerprint density at radius 3 is 2.48 bits per heavy atom. The third-order valence-electron chi connectivity index (χ3n) is 4.55. The van der Waals surface area contributed by atoms with Crippen molar-refractivity contribution < 1.29 is 10.2 Å². The molecule has 1 fully saturated rings. The summed E-state index contributed by atoms with van der Waals surface area (Å²) in [6.45, 7) is 9.73. The SMILES string of the molecule is CC(C)N(CC1CCNCC1)C(C)c1cc(O)ccc1O. The van der Waals surface area contributed by atoms with E-state index >= 15 is 0 Å². The number of phenols is 2. The fraction of sp³-hybridized carbons (Fsp3) is 0.647. The van der Waals surface area contributed by atoms with E-state index in [1.165, 1.54) is 18.9 Å². The van der Waals surface area contributed by atoms with E-state index in [4.69, 9.17) is 0 Å². The Balaban J connectivity index is 2.14. The van der Waals surface area contributed by atoms with Gasteiger partial charge >= 0.3 is 0 Å². The van der Waals surface area contributed by atoms with E-state index in [1.54, 1.807) is 12.1 Å². The van der Waals surface area contributed by atoms with Gasteiger partial charge in [0.1, 0.15) is 11.5 Å². The Morgan fingerprint density at radius 2 is 1.86 bits per heavy atom. The molecule has 4 nitrogen and oxygen atoms in total. The lowest BCUT2D eigenvalue weighted by molar-refractivity contribution is 0.123. The molecule has 1 aromatic carbocycles. The fourth-order valence-corrected chi connectivity index (χ4v) is 3.23. The number of hydrogen-bond acceptors (Lipinski definition) is 4. The minimum absolute atomic E-state index is 0.0898. The maximum Gasteiger partial charge on any atom is 0.120 e. The molecule has 3 N–H and O–H groups in total. The highest BCUT2D eigenvalue weighted by molar-refractivity contribution is 5.40. The molecule has 0 amide bonds. The lowest BCUT2D eigenvalue weighted by Crippen LogP contribution is -2.40. The van der Waals surface area contributed by atoms with Crippen molar-refractivity contribution in [3.05, 3.63) is 23.8 Å². The largest absolute Gasteiger partial charge is 0.508 e. The molecule has 0 aliphatic carbocycles. The molecule has 1 aromatic rings. The van der Waals surface area contributed by atoms with E-state index in [0.717, 1.165) is 25.2 Å². The summed E-state index contributed by atoms with van der Waals surface area (Å²) in [5, 5.41) is 23.2. The molecule has 4 heteroatoms. The molecular weight excluding hydrogens is 264 g/mol. The van der Waals surface area contributed by atoms with Crippen molar-refractivity contribution in [3.8, 4) is 11.5 Å². The molecule has 2 rings (SSSR count). The summed E-state index contributed by atoms with van der Waals surface area (Å²) in [6, 6.07) is 5.27. The average molecular weight is 292 g/mol. The molecule has 0 bridgehead atoms. The Hall–Kier alpha value is -1.26. The molecule has 1 heterocycles. The zero-order chi connectivity index (χ0) is 15.4. The highest BCUT2D eigenvalue weighted by Crippen LogP contribution is 2.33. The van der Waals surface area contributed by atoms with Crippen molar-refractivity contribution in [2.75, 3.05) is 19.6 Å². The first-order chi connectivity index (χ1) is 9.99. The topological polar surface area (TPSA) is 55.7 Å². The summed E-state index contributed by atoms with van der Waals surface area (Å²) in [5.74, 6) is 1.17. The number of piperidine rings is 1. The van der Waals surface area contributed by atoms with Crippen LogP contribution in [0.5, 0.6) is 11.5 Å². The first-order valence-corrected chi connectivity index (χ1v) is 7.97. The molecule has 1 saturated heterocycles. The van der Waals surface area contributed by atoms with Crippen molar-refractivity contribution in [1.82, 2.24) is 10.2 Å². The van der Waals surface area contributed by atoms with Crippen molar-refractivity contribution in [3.63, 3.8) is 0 Å². The summed E-state index contributed by atoms with van der Waals surface area (Å²) in [5.41, 5.74) is 0.803. The molecule has 1 aliphatic heterocycles. The highest BCUT2D eigenvalue weighted by atomic mass is 16.3. The number of phenolic OH excluding ortho intramolecular Hbond substituents is 2. The molecule has 1 atom stereocenters. The van der Waals surface area contributed by atoms with Gasteiger partial charge in [0.2, 0.25) is 0 Å². The minimum atomic E-state index is 0.0898. The van der Waals surface area contributed by atoms with Crippen LogP contribution in [-0.2, 0) is 0 Å². The Kier molecular flexibility index (Phi) is 5.48. The summed E-state index contributed by atoms with van der Waals surface area (Å²) in [4.78, 5) is 2.42. The first kappa shape index (κ1) is 16.1. The maximum absolute atomic E-state index is 10.1. The van der Waals surface area contributed by atoms with Crippen LogP contribution in [0.3, 0.4) is 0 Å². The second-order valence-corrected chi connectivity index (χ2v) is 6.40. The highest BCUT2D eigenvalue weighted by Gasteiger charge is 2.25. The van der Waals surface area contributed by atoms with Gasteiger partial charge in [0.05, 0.1) is 0 Å². The van der Waals surface area contributed by atoms with Gasteiger partial charge in [0.15, 0.2) is 0 Å². The fourth-order valence-electron chi connectivity index (χ4n) is 3.23. The van der Waals surface area contributed by atoms with E-state index in [2.05, 4.69) is 31.0 Å². The van der Waals surface area contributed by atoms with Crippen LogP contribution in [0.2, 0.25) is 0 Å². The number of rotatable bonds is 5. The van der Waals surface area contributed by atoms with Crippen LogP contribution in [0.1, 0.15) is 45.2 Å². The van der Waals surface area contributed by atoms with Gasteiger partial charge in [-0.2, -0.15) is 0 Å². The molecule has 0 spiro atoms. The number of nitrogens with zero attached hydrogens (tertiary/aromatic N) is 1. The molecule has 0 saturated carbocycles. The first-order valence-electron chi connectivity index (χ1n) is 7.97. The van der Waals surface area contributed by atoms with Crippen LogP contribution in [0, 0.1) is 5.92 Å². The Bertz CT molecular complexity index is 456. The number of hydrogen-bond donors (Lipinski definition) is 3. The molecule has 21 heavy (non-hydrogen) atoms. The third kappa shape index (κ3) is 4.11. The summed E-state index contributed by atoms with van der Waals surface area (Å²) in [7, 11) is 0. The van der Waals surface area contributed by atoms with E-state index in [1.807, 2.05) is 0 Å². The Morgan fingerprint density at radius 1 is 1.19 bits per heavy atom. The van der Waals surface area contributed by atoms with Crippen LogP contribution in [0.15, 0.2) is 18.2 Å². The molecular formula is C17H28N2O2. The Labute approximate surface area is 127 Å². The monoisotopic (exact) mass is 292 g/mol. The summed E-state index contributed by atoms with van der Waals surface area (Å²) in [6.07, 6.45) is 2.42. The van der Waals surface area contributed by atoms with E-state index in [-0.39, 0.29) is 17.5 Å². The number of nitrogens with one attached hydrogen (secondary N) is 1. The van der Waals surface area contributed by atoms with Gasteiger partial charge in [-0.05, 0) is 70.8 Å². The van der Waals surface area contributed by atoms with Gasteiger partial charge in [-0.15, -0.1) is 0 Å². The molecule has 0 radical (unpaired) electrons. The van der Waals surface area contributed by atoms with E-state index in [0.29, 0.717) is 12.0 Å². The van der Waals surface area contributed by atoms with Gasteiger partial charge in [0.25, 0.3) is 0 Å². The quantitative estimate of drug-likeness (QED) is 0.731. The van der Waals surface area contributed by atoms with Crippen molar-refractivity contribution in [2.45, 2.75) is 45.7 Å². The van der Waals surface area contributed by atoms with E-state index in [9.17, 15) is 10.2 Å². The van der Waals surface area contributed by atoms with Crippen LogP contribution >= 0.6 is 0 Å². The molecule has 1 unspecified atom stereocenters. The van der Waals surface area contributed by atoms with Gasteiger partial charge in [-0.1, -0.05) is 0 Å². The third-order valence-corrected chi connectivity index (χ3v) is 4.55. The second kappa shape index (κ2) is 7.14. The van der Waals surface area contributed by atoms with Crippen molar-refractivity contribution >= 4 is 0 Å². The second-order valence-electron chi connectivity index (χ2n) is 6.40. The molecule has 1 aliphatic rings. The maximum atomic E-state index is 10.1. The van der Waals surface area contributed by atoms with Crippen molar-refractivity contribution in [2.24, 2.45) is 5.92 Å². The van der Waals surface area contributed by atoms with Gasteiger partial charge < -0.3 is 15.5 Å². The number of aromatic hydroxyl groups is 2. The van der Waals surface area contributed by atoms with Gasteiger partial charge in [0, 0.05) is 24.2 Å². The predicted molar refractivity (Wildman–Crippen MR) is 85.6 cm³/mol. The number of benzene rings is 1. The smallest absolute Gasteiger partial charge is 0.120 e. The minimum Gasteiger partial charge on any atom is -0.508 e. The lowest BCUT2D eigenvalue weighted by atomic mass is 9.95. The van der Waals surface area contributed by atoms with Crippen LogP contribution in [-0.4, -0.2) is 40.8 Å². The predicted octanol–water partition coefficient (Wildman–Crippen LogP) is 2.87. The summed E-state index contributed by atoms with van der Waals surface area (Å²) >= 11 is 0. The van der Waals surface area contributed by atoms with Gasteiger partial charge in [-0.3, -0.25) is 4.90 Å². The van der Waals surface area contributed by atoms with Crippen LogP contribution in [0.4, 0.5) is 0 Å². The summed E-state index contributed by atoms with van der Waals surface area (Å²) < 4.78 is 0. The average Bonchev–Trinajstić information content (AvgIpc) is 2.47. The molecule has 0 aromatic heterocycles. The normalized spacial score (nSPS) is 18.3.